The Morgan fingerprint density at radius 2 is 1.81 bits per heavy atom. The van der Waals surface area contributed by atoms with Crippen LogP contribution in [0, 0.1) is 22.9 Å². The number of amides is 1. The largest absolute Gasteiger partial charge is 0.339 e. The van der Waals surface area contributed by atoms with E-state index in [0.29, 0.717) is 18.4 Å². The van der Waals surface area contributed by atoms with Crippen molar-refractivity contribution >= 4 is 23.5 Å². The molecule has 4 unspecified atom stereocenters. The van der Waals surface area contributed by atoms with Crippen molar-refractivity contribution in [2.24, 2.45) is 10.4 Å². The van der Waals surface area contributed by atoms with Crippen molar-refractivity contribution in [2.75, 3.05) is 0 Å². The van der Waals surface area contributed by atoms with E-state index in [0.717, 1.165) is 12.1 Å². The van der Waals surface area contributed by atoms with Crippen LogP contribution in [0.15, 0.2) is 41.4 Å². The molecule has 0 spiro atoms. The van der Waals surface area contributed by atoms with Crippen molar-refractivity contribution < 1.29 is 22.8 Å². The van der Waals surface area contributed by atoms with E-state index in [9.17, 15) is 18.0 Å². The van der Waals surface area contributed by atoms with E-state index in [-0.39, 0.29) is 34.2 Å². The number of hydrazine groups is 1. The summed E-state index contributed by atoms with van der Waals surface area (Å²) < 4.78 is 41.2. The van der Waals surface area contributed by atoms with Crippen LogP contribution in [-0.4, -0.2) is 30.3 Å². The van der Waals surface area contributed by atoms with Crippen molar-refractivity contribution in [3.8, 4) is 0 Å². The molecular formula is C24H28ClF3N6O2. The molecule has 0 aromatic heterocycles. The molecule has 8 nitrogen and oxygen atoms in total. The summed E-state index contributed by atoms with van der Waals surface area (Å²) in [5.74, 6) is -2.57. The monoisotopic (exact) mass is 524 g/mol. The first-order valence-electron chi connectivity index (χ1n) is 11.5. The van der Waals surface area contributed by atoms with Gasteiger partial charge in [0, 0.05) is 30.5 Å². The van der Waals surface area contributed by atoms with Gasteiger partial charge in [-0.1, -0.05) is 32.4 Å². The fourth-order valence-electron chi connectivity index (χ4n) is 3.96. The predicted octanol–water partition coefficient (Wildman–Crippen LogP) is 3.66. The zero-order valence-corrected chi connectivity index (χ0v) is 20.7. The van der Waals surface area contributed by atoms with Crippen molar-refractivity contribution in [3.05, 3.63) is 70.0 Å². The second-order valence-electron chi connectivity index (χ2n) is 9.88. The van der Waals surface area contributed by atoms with Gasteiger partial charge in [-0.15, -0.1) is 0 Å². The zero-order chi connectivity index (χ0) is 26.0. The Bertz CT molecular complexity index is 1140. The van der Waals surface area contributed by atoms with Gasteiger partial charge in [0.25, 0.3) is 5.91 Å². The van der Waals surface area contributed by atoms with Crippen LogP contribution < -0.4 is 27.0 Å². The number of aliphatic imine (C=N–C) groups is 1. The Morgan fingerprint density at radius 3 is 2.44 bits per heavy atom. The van der Waals surface area contributed by atoms with Gasteiger partial charge in [-0.25, -0.2) is 29.0 Å². The first kappa shape index (κ1) is 26.4. The molecule has 2 aromatic rings. The van der Waals surface area contributed by atoms with Crippen molar-refractivity contribution in [3.63, 3.8) is 0 Å². The van der Waals surface area contributed by atoms with Crippen LogP contribution >= 0.6 is 11.6 Å². The topological polar surface area (TPSA) is 98.8 Å². The molecule has 194 valence electrons. The van der Waals surface area contributed by atoms with Gasteiger partial charge in [0.2, 0.25) is 5.96 Å². The highest BCUT2D eigenvalue weighted by Gasteiger charge is 2.35. The minimum Gasteiger partial charge on any atom is -0.339 e. The van der Waals surface area contributed by atoms with Crippen LogP contribution in [0.5, 0.6) is 0 Å². The molecule has 2 aromatic carbocycles. The molecule has 36 heavy (non-hydrogen) atoms. The summed E-state index contributed by atoms with van der Waals surface area (Å²) in [4.78, 5) is 23.1. The fraction of sp³-hybridized carbons (Fsp3) is 0.417. The van der Waals surface area contributed by atoms with Crippen LogP contribution in [0.2, 0.25) is 5.02 Å². The van der Waals surface area contributed by atoms with Gasteiger partial charge in [-0.3, -0.25) is 14.9 Å². The van der Waals surface area contributed by atoms with Crippen LogP contribution in [0.1, 0.15) is 55.6 Å². The van der Waals surface area contributed by atoms with E-state index < -0.39 is 35.6 Å². The fourth-order valence-corrected chi connectivity index (χ4v) is 4.07. The molecule has 4 atom stereocenters. The van der Waals surface area contributed by atoms with E-state index in [1.54, 1.807) is 0 Å². The average Bonchev–Trinajstić information content (AvgIpc) is 3.44. The Morgan fingerprint density at radius 1 is 1.08 bits per heavy atom. The lowest BCUT2D eigenvalue weighted by molar-refractivity contribution is -0.0303. The van der Waals surface area contributed by atoms with Gasteiger partial charge in [0.1, 0.15) is 29.8 Å². The Labute approximate surface area is 211 Å². The maximum atomic E-state index is 13.9. The molecule has 1 amide bonds. The Kier molecular flexibility index (Phi) is 7.86. The lowest BCUT2D eigenvalue weighted by Crippen LogP contribution is -2.50. The predicted molar refractivity (Wildman–Crippen MR) is 129 cm³/mol. The van der Waals surface area contributed by atoms with E-state index in [1.165, 1.54) is 24.3 Å². The average molecular weight is 525 g/mol. The second kappa shape index (κ2) is 10.7. The summed E-state index contributed by atoms with van der Waals surface area (Å²) in [6.07, 6.45) is -0.0609. The number of halogens is 4. The molecule has 2 saturated heterocycles. The van der Waals surface area contributed by atoms with Gasteiger partial charge in [0.15, 0.2) is 0 Å². The molecule has 12 heteroatoms. The molecule has 2 heterocycles. The van der Waals surface area contributed by atoms with Crippen molar-refractivity contribution in [1.82, 2.24) is 27.0 Å². The van der Waals surface area contributed by atoms with Crippen LogP contribution in [-0.2, 0) is 4.84 Å². The number of guanidine groups is 1. The minimum atomic E-state index is -0.721. The highest BCUT2D eigenvalue weighted by molar-refractivity contribution is 6.30. The first-order chi connectivity index (χ1) is 17.0. The van der Waals surface area contributed by atoms with Gasteiger partial charge in [0.05, 0.1) is 11.1 Å². The second-order valence-corrected chi connectivity index (χ2v) is 10.3. The zero-order valence-electron chi connectivity index (χ0n) is 20.0. The number of nitrogens with zero attached hydrogens (tertiary/aromatic N) is 1. The number of hydroxylamine groups is 1. The number of rotatable bonds is 4. The summed E-state index contributed by atoms with van der Waals surface area (Å²) in [5, 5.41) is 5.69. The minimum absolute atomic E-state index is 0.0558. The third-order valence-corrected chi connectivity index (χ3v) is 6.25. The standard InChI is InChI=1S/C24H28ClF3N6O2/c1-24(2,3)19-11-21(34-36-19)30-23(31-22(35)12-4-5-16(25)17(28)8-12)29-20-10-18(32-33-20)13-6-14(26)9-15(27)7-13/h4-9,18-21,32-34H,10-11H2,1-3H3,(H2,29,30,31,35). The smallest absolute Gasteiger partial charge is 0.258 e. The van der Waals surface area contributed by atoms with Crippen LogP contribution in [0.4, 0.5) is 13.2 Å². The molecule has 0 saturated carbocycles. The summed E-state index contributed by atoms with van der Waals surface area (Å²) in [5.41, 5.74) is 9.19. The molecule has 0 bridgehead atoms. The van der Waals surface area contributed by atoms with E-state index in [1.807, 2.05) is 0 Å². The number of benzene rings is 2. The lowest BCUT2D eigenvalue weighted by Gasteiger charge is -2.24. The summed E-state index contributed by atoms with van der Waals surface area (Å²) in [6, 6.07) is 6.61. The summed E-state index contributed by atoms with van der Waals surface area (Å²) in [7, 11) is 0. The molecule has 4 rings (SSSR count). The SMILES string of the molecule is CC(C)(C)C1CC(NC(=NC2CC(c3cc(F)cc(F)c3)NN2)NC(=O)c2ccc(Cl)c(F)c2)NO1. The lowest BCUT2D eigenvalue weighted by atomic mass is 9.87. The number of nitrogens with one attached hydrogen (secondary N) is 5. The summed E-state index contributed by atoms with van der Waals surface area (Å²) in [6.45, 7) is 6.16. The van der Waals surface area contributed by atoms with E-state index in [4.69, 9.17) is 16.4 Å². The number of hydrogen-bond donors (Lipinski definition) is 5. The van der Waals surface area contributed by atoms with E-state index >= 15 is 0 Å². The number of carbonyl (C=O) groups is 1. The van der Waals surface area contributed by atoms with E-state index in [2.05, 4.69) is 52.7 Å². The highest BCUT2D eigenvalue weighted by atomic mass is 35.5. The van der Waals surface area contributed by atoms with Gasteiger partial charge < -0.3 is 5.32 Å². The molecule has 0 radical (unpaired) electrons. The van der Waals surface area contributed by atoms with Crippen LogP contribution in [0.3, 0.4) is 0 Å². The van der Waals surface area contributed by atoms with Gasteiger partial charge in [-0.05, 0) is 41.3 Å². The quantitative estimate of drug-likeness (QED) is 0.309. The molecule has 2 fully saturated rings. The number of carbonyl (C=O) groups excluding carboxylic acids is 1. The number of hydrogen-bond acceptors (Lipinski definition) is 6. The molecular weight excluding hydrogens is 497 g/mol. The third kappa shape index (κ3) is 6.54. The molecule has 5 N–H and O–H groups in total. The maximum Gasteiger partial charge on any atom is 0.258 e. The molecule has 2 aliphatic rings. The Balaban J connectivity index is 1.51. The van der Waals surface area contributed by atoms with Gasteiger partial charge >= 0.3 is 0 Å². The van der Waals surface area contributed by atoms with Crippen molar-refractivity contribution in [2.45, 2.75) is 58.1 Å². The maximum absolute atomic E-state index is 13.9. The molecule has 0 aliphatic carbocycles. The van der Waals surface area contributed by atoms with Gasteiger partial charge in [-0.2, -0.15) is 5.48 Å². The first-order valence-corrected chi connectivity index (χ1v) is 11.8. The third-order valence-electron chi connectivity index (χ3n) is 5.95. The highest BCUT2D eigenvalue weighted by Crippen LogP contribution is 2.28. The normalized spacial score (nSPS) is 24.7. The van der Waals surface area contributed by atoms with Crippen molar-refractivity contribution in [1.29, 1.82) is 0 Å². The summed E-state index contributed by atoms with van der Waals surface area (Å²) >= 11 is 5.72. The Hall–Kier alpha value is -2.70. The van der Waals surface area contributed by atoms with Crippen LogP contribution in [0.25, 0.3) is 0 Å². The molecule has 2 aliphatic heterocycles.